The molecule has 2 heteroatoms. The van der Waals surface area contributed by atoms with Crippen molar-refractivity contribution in [3.63, 3.8) is 0 Å². The van der Waals surface area contributed by atoms with Gasteiger partial charge in [-0.3, -0.25) is 0 Å². The van der Waals surface area contributed by atoms with Crippen LogP contribution in [-0.2, 0) is 0 Å². The molecule has 0 amide bonds. The van der Waals surface area contributed by atoms with Gasteiger partial charge < -0.3 is 10.5 Å². The van der Waals surface area contributed by atoms with Crippen LogP contribution in [0, 0.1) is 19.8 Å². The maximum Gasteiger partial charge on any atom is 0.122 e. The quantitative estimate of drug-likeness (QED) is 0.749. The third-order valence-electron chi connectivity index (χ3n) is 2.14. The number of ether oxygens (including phenoxy) is 1. The zero-order valence-electron chi connectivity index (χ0n) is 9.42. The summed E-state index contributed by atoms with van der Waals surface area (Å²) < 4.78 is 5.68. The Kier molecular flexibility index (Phi) is 3.39. The van der Waals surface area contributed by atoms with Gasteiger partial charge in [0, 0.05) is 5.69 Å². The highest BCUT2D eigenvalue weighted by molar-refractivity contribution is 5.53. The molecule has 0 aromatic heterocycles. The van der Waals surface area contributed by atoms with E-state index in [9.17, 15) is 0 Å². The van der Waals surface area contributed by atoms with Crippen molar-refractivity contribution in [1.29, 1.82) is 0 Å². The van der Waals surface area contributed by atoms with E-state index in [0.717, 1.165) is 29.2 Å². The first-order valence-electron chi connectivity index (χ1n) is 5.00. The van der Waals surface area contributed by atoms with Crippen LogP contribution in [0.2, 0.25) is 0 Å². The lowest BCUT2D eigenvalue weighted by atomic mass is 10.1. The van der Waals surface area contributed by atoms with E-state index in [1.54, 1.807) is 0 Å². The first kappa shape index (κ1) is 10.9. The molecule has 0 saturated carbocycles. The number of hydrogen-bond acceptors (Lipinski definition) is 2. The van der Waals surface area contributed by atoms with Crippen LogP contribution in [0.5, 0.6) is 5.75 Å². The maximum atomic E-state index is 5.79. The zero-order valence-corrected chi connectivity index (χ0v) is 9.42. The van der Waals surface area contributed by atoms with Crippen molar-refractivity contribution < 1.29 is 4.74 Å². The Morgan fingerprint density at radius 2 is 1.86 bits per heavy atom. The van der Waals surface area contributed by atoms with Gasteiger partial charge in [-0.2, -0.15) is 0 Å². The molecule has 0 aliphatic rings. The number of anilines is 1. The molecule has 0 aliphatic heterocycles. The van der Waals surface area contributed by atoms with Crippen LogP contribution in [0.15, 0.2) is 12.1 Å². The van der Waals surface area contributed by atoms with Crippen molar-refractivity contribution in [2.24, 2.45) is 5.92 Å². The summed E-state index contributed by atoms with van der Waals surface area (Å²) in [6, 6.07) is 3.97. The summed E-state index contributed by atoms with van der Waals surface area (Å²) in [5.74, 6) is 1.50. The van der Waals surface area contributed by atoms with E-state index in [1.165, 1.54) is 0 Å². The summed E-state index contributed by atoms with van der Waals surface area (Å²) in [7, 11) is 0. The Labute approximate surface area is 86.1 Å². The highest BCUT2D eigenvalue weighted by Gasteiger charge is 2.04. The summed E-state index contributed by atoms with van der Waals surface area (Å²) in [6.07, 6.45) is 0. The van der Waals surface area contributed by atoms with E-state index in [-0.39, 0.29) is 0 Å². The van der Waals surface area contributed by atoms with E-state index in [2.05, 4.69) is 13.8 Å². The molecule has 2 nitrogen and oxygen atoms in total. The molecule has 0 aliphatic carbocycles. The van der Waals surface area contributed by atoms with Gasteiger partial charge >= 0.3 is 0 Å². The zero-order chi connectivity index (χ0) is 10.7. The second kappa shape index (κ2) is 4.36. The van der Waals surface area contributed by atoms with Gasteiger partial charge in [0.2, 0.25) is 0 Å². The van der Waals surface area contributed by atoms with Gasteiger partial charge in [-0.25, -0.2) is 0 Å². The molecular formula is C12H19NO. The van der Waals surface area contributed by atoms with Crippen LogP contribution in [0.1, 0.15) is 25.0 Å². The molecule has 0 spiro atoms. The lowest BCUT2D eigenvalue weighted by molar-refractivity contribution is 0.269. The Bertz CT molecular complexity index is 318. The monoisotopic (exact) mass is 193 g/mol. The highest BCUT2D eigenvalue weighted by Crippen LogP contribution is 2.24. The van der Waals surface area contributed by atoms with Crippen LogP contribution < -0.4 is 10.5 Å². The van der Waals surface area contributed by atoms with Crippen LogP contribution >= 0.6 is 0 Å². The summed E-state index contributed by atoms with van der Waals surface area (Å²) in [5, 5.41) is 0. The first-order chi connectivity index (χ1) is 6.50. The number of hydrogen-bond donors (Lipinski definition) is 1. The highest BCUT2D eigenvalue weighted by atomic mass is 16.5. The van der Waals surface area contributed by atoms with Crippen LogP contribution in [0.25, 0.3) is 0 Å². The lowest BCUT2D eigenvalue weighted by Crippen LogP contribution is -2.06. The molecule has 1 aromatic rings. The van der Waals surface area contributed by atoms with Gasteiger partial charge in [-0.1, -0.05) is 13.8 Å². The molecule has 1 aromatic carbocycles. The number of rotatable bonds is 3. The number of nitrogen functional groups attached to an aromatic ring is 1. The molecule has 14 heavy (non-hydrogen) atoms. The van der Waals surface area contributed by atoms with Gasteiger partial charge in [0.25, 0.3) is 0 Å². The van der Waals surface area contributed by atoms with Crippen molar-refractivity contribution in [2.45, 2.75) is 27.7 Å². The van der Waals surface area contributed by atoms with Crippen molar-refractivity contribution in [2.75, 3.05) is 12.3 Å². The van der Waals surface area contributed by atoms with Crippen LogP contribution in [-0.4, -0.2) is 6.61 Å². The van der Waals surface area contributed by atoms with Gasteiger partial charge in [0.1, 0.15) is 5.75 Å². The van der Waals surface area contributed by atoms with E-state index in [1.807, 2.05) is 26.0 Å². The van der Waals surface area contributed by atoms with Gasteiger partial charge in [-0.05, 0) is 43.0 Å². The van der Waals surface area contributed by atoms with E-state index in [0.29, 0.717) is 5.92 Å². The predicted molar refractivity (Wildman–Crippen MR) is 60.7 cm³/mol. The average molecular weight is 193 g/mol. The number of aryl methyl sites for hydroxylation is 2. The van der Waals surface area contributed by atoms with Gasteiger partial charge in [-0.15, -0.1) is 0 Å². The van der Waals surface area contributed by atoms with Gasteiger partial charge in [0.15, 0.2) is 0 Å². The van der Waals surface area contributed by atoms with Crippen molar-refractivity contribution in [3.05, 3.63) is 23.3 Å². The number of benzene rings is 1. The molecule has 0 unspecified atom stereocenters. The Hall–Kier alpha value is -1.18. The third-order valence-corrected chi connectivity index (χ3v) is 2.14. The Morgan fingerprint density at radius 3 is 2.43 bits per heavy atom. The fourth-order valence-electron chi connectivity index (χ4n) is 1.22. The Balaban J connectivity index is 2.82. The molecule has 0 heterocycles. The number of nitrogens with two attached hydrogens (primary N) is 1. The summed E-state index contributed by atoms with van der Waals surface area (Å²) >= 11 is 0. The lowest BCUT2D eigenvalue weighted by Gasteiger charge is -2.13. The molecule has 1 rings (SSSR count). The largest absolute Gasteiger partial charge is 0.493 e. The molecule has 78 valence electrons. The minimum Gasteiger partial charge on any atom is -0.493 e. The summed E-state index contributed by atoms with van der Waals surface area (Å²) in [6.45, 7) is 9.05. The second-order valence-electron chi connectivity index (χ2n) is 4.18. The smallest absolute Gasteiger partial charge is 0.122 e. The SMILES string of the molecule is Cc1cc(OCC(C)C)c(C)cc1N. The second-order valence-corrected chi connectivity index (χ2v) is 4.18. The molecular weight excluding hydrogens is 174 g/mol. The van der Waals surface area contributed by atoms with E-state index >= 15 is 0 Å². The van der Waals surface area contributed by atoms with Crippen molar-refractivity contribution >= 4 is 5.69 Å². The fourth-order valence-corrected chi connectivity index (χ4v) is 1.22. The maximum absolute atomic E-state index is 5.79. The van der Waals surface area contributed by atoms with Crippen molar-refractivity contribution in [3.8, 4) is 5.75 Å². The Morgan fingerprint density at radius 1 is 1.21 bits per heavy atom. The summed E-state index contributed by atoms with van der Waals surface area (Å²) in [5.41, 5.74) is 8.81. The molecule has 0 saturated heterocycles. The van der Waals surface area contributed by atoms with Crippen LogP contribution in [0.4, 0.5) is 5.69 Å². The molecule has 0 radical (unpaired) electrons. The van der Waals surface area contributed by atoms with Crippen molar-refractivity contribution in [1.82, 2.24) is 0 Å². The molecule has 0 bridgehead atoms. The third kappa shape index (κ3) is 2.66. The van der Waals surface area contributed by atoms with Crippen LogP contribution in [0.3, 0.4) is 0 Å². The average Bonchev–Trinajstić information content (AvgIpc) is 2.09. The predicted octanol–water partition coefficient (Wildman–Crippen LogP) is 2.92. The topological polar surface area (TPSA) is 35.2 Å². The molecule has 2 N–H and O–H groups in total. The van der Waals surface area contributed by atoms with E-state index in [4.69, 9.17) is 10.5 Å². The minimum atomic E-state index is 0.548. The minimum absolute atomic E-state index is 0.548. The summed E-state index contributed by atoms with van der Waals surface area (Å²) in [4.78, 5) is 0. The normalized spacial score (nSPS) is 10.6. The first-order valence-corrected chi connectivity index (χ1v) is 5.00. The van der Waals surface area contributed by atoms with Gasteiger partial charge in [0.05, 0.1) is 6.61 Å². The standard InChI is InChI=1S/C12H19NO/c1-8(2)7-14-12-6-9(3)11(13)5-10(12)4/h5-6,8H,7,13H2,1-4H3. The molecule has 0 fully saturated rings. The fraction of sp³-hybridized carbons (Fsp3) is 0.500. The molecule has 0 atom stereocenters. The van der Waals surface area contributed by atoms with E-state index < -0.39 is 0 Å².